The van der Waals surface area contributed by atoms with Gasteiger partial charge in [0.2, 0.25) is 6.10 Å². The molecule has 7 heteroatoms. The molecule has 1 N–H and O–H groups in total. The molecule has 2 aliphatic rings. The highest BCUT2D eigenvalue weighted by Gasteiger charge is 2.32. The van der Waals surface area contributed by atoms with Gasteiger partial charge in [0.05, 0.1) is 12.7 Å². The Bertz CT molecular complexity index is 844. The number of benzene rings is 1. The van der Waals surface area contributed by atoms with Crippen LogP contribution in [0, 0.1) is 0 Å². The number of fused-ring (bicyclic) bond motifs is 2. The number of carbonyl (C=O) groups excluding carboxylic acids is 2. The van der Waals surface area contributed by atoms with Gasteiger partial charge in [-0.2, -0.15) is 0 Å². The number of rotatable bonds is 3. The molecule has 1 aromatic carbocycles. The van der Waals surface area contributed by atoms with Gasteiger partial charge in [0.1, 0.15) is 11.6 Å². The predicted molar refractivity (Wildman–Crippen MR) is 92.7 cm³/mol. The summed E-state index contributed by atoms with van der Waals surface area (Å²) in [5, 5.41) is 3.36. The highest BCUT2D eigenvalue weighted by atomic mass is 32.1. The topological polar surface area (TPSA) is 73.9 Å². The summed E-state index contributed by atoms with van der Waals surface area (Å²) < 4.78 is 16.2. The maximum Gasteiger partial charge on any atom is 0.341 e. The first kappa shape index (κ1) is 16.0. The second kappa shape index (κ2) is 6.40. The number of amides is 1. The molecule has 1 atom stereocenters. The van der Waals surface area contributed by atoms with Gasteiger partial charge in [-0.05, 0) is 37.0 Å². The number of methoxy groups -OCH3 is 1. The third kappa shape index (κ3) is 2.84. The SMILES string of the molecule is COC(=O)c1c(NC(=O)C2COc3ccccc3O2)sc2c1CCC2. The van der Waals surface area contributed by atoms with Crippen LogP contribution in [0.15, 0.2) is 24.3 Å². The molecule has 0 fully saturated rings. The molecular formula is C18H17NO5S. The molecule has 1 amide bonds. The van der Waals surface area contributed by atoms with Crippen molar-refractivity contribution >= 4 is 28.2 Å². The van der Waals surface area contributed by atoms with Crippen molar-refractivity contribution in [2.45, 2.75) is 25.4 Å². The molecule has 25 heavy (non-hydrogen) atoms. The van der Waals surface area contributed by atoms with E-state index in [9.17, 15) is 9.59 Å². The summed E-state index contributed by atoms with van der Waals surface area (Å²) in [5.41, 5.74) is 1.48. The first-order chi connectivity index (χ1) is 12.2. The summed E-state index contributed by atoms with van der Waals surface area (Å²) >= 11 is 1.44. The minimum atomic E-state index is -0.766. The van der Waals surface area contributed by atoms with E-state index >= 15 is 0 Å². The quantitative estimate of drug-likeness (QED) is 0.853. The lowest BCUT2D eigenvalue weighted by atomic mass is 10.1. The summed E-state index contributed by atoms with van der Waals surface area (Å²) in [4.78, 5) is 25.9. The number of thiophene rings is 1. The summed E-state index contributed by atoms with van der Waals surface area (Å²) in [6.45, 7) is 0.126. The van der Waals surface area contributed by atoms with Crippen molar-refractivity contribution in [2.75, 3.05) is 19.0 Å². The largest absolute Gasteiger partial charge is 0.485 e. The Balaban J connectivity index is 1.55. The van der Waals surface area contributed by atoms with Crippen molar-refractivity contribution < 1.29 is 23.8 Å². The normalized spacial score (nSPS) is 17.7. The molecule has 0 bridgehead atoms. The molecule has 4 rings (SSSR count). The highest BCUT2D eigenvalue weighted by Crippen LogP contribution is 2.40. The molecule has 130 valence electrons. The fraction of sp³-hybridized carbons (Fsp3) is 0.333. The van der Waals surface area contributed by atoms with E-state index in [0.29, 0.717) is 22.1 Å². The van der Waals surface area contributed by atoms with Gasteiger partial charge in [-0.3, -0.25) is 4.79 Å². The van der Waals surface area contributed by atoms with Gasteiger partial charge in [-0.15, -0.1) is 11.3 Å². The van der Waals surface area contributed by atoms with Crippen LogP contribution in [0.3, 0.4) is 0 Å². The van der Waals surface area contributed by atoms with E-state index in [1.54, 1.807) is 12.1 Å². The number of carbonyl (C=O) groups is 2. The maximum atomic E-state index is 12.6. The molecule has 0 saturated carbocycles. The lowest BCUT2D eigenvalue weighted by Gasteiger charge is -2.25. The zero-order valence-corrected chi connectivity index (χ0v) is 14.5. The number of aryl methyl sites for hydroxylation is 1. The molecule has 0 saturated heterocycles. The number of para-hydroxylation sites is 2. The van der Waals surface area contributed by atoms with Crippen molar-refractivity contribution in [3.05, 3.63) is 40.3 Å². The highest BCUT2D eigenvalue weighted by molar-refractivity contribution is 7.17. The van der Waals surface area contributed by atoms with Gasteiger partial charge in [-0.25, -0.2) is 4.79 Å². The standard InChI is InChI=1S/C18H17NO5S/c1-22-18(21)15-10-5-4-8-14(10)25-17(15)19-16(20)13-9-23-11-6-2-3-7-12(11)24-13/h2-3,6-7,13H,4-5,8-9H2,1H3,(H,19,20). The number of hydrogen-bond acceptors (Lipinski definition) is 6. The van der Waals surface area contributed by atoms with Gasteiger partial charge in [0.15, 0.2) is 11.5 Å². The average molecular weight is 359 g/mol. The number of hydrogen-bond donors (Lipinski definition) is 1. The first-order valence-electron chi connectivity index (χ1n) is 8.09. The number of anilines is 1. The van der Waals surface area contributed by atoms with Gasteiger partial charge < -0.3 is 19.5 Å². The minimum Gasteiger partial charge on any atom is -0.485 e. The molecule has 2 aromatic rings. The van der Waals surface area contributed by atoms with Gasteiger partial charge >= 0.3 is 5.97 Å². The van der Waals surface area contributed by atoms with Gasteiger partial charge in [0.25, 0.3) is 5.91 Å². The van der Waals surface area contributed by atoms with Crippen LogP contribution in [-0.4, -0.2) is 31.7 Å². The van der Waals surface area contributed by atoms with Crippen LogP contribution in [0.2, 0.25) is 0 Å². The Morgan fingerprint density at radius 3 is 2.84 bits per heavy atom. The molecule has 1 aromatic heterocycles. The predicted octanol–water partition coefficient (Wildman–Crippen LogP) is 2.80. The molecule has 6 nitrogen and oxygen atoms in total. The van der Waals surface area contributed by atoms with E-state index in [1.807, 2.05) is 12.1 Å². The molecule has 1 unspecified atom stereocenters. The van der Waals surface area contributed by atoms with Crippen LogP contribution >= 0.6 is 11.3 Å². The van der Waals surface area contributed by atoms with E-state index in [1.165, 1.54) is 18.4 Å². The first-order valence-corrected chi connectivity index (χ1v) is 8.91. The van der Waals surface area contributed by atoms with E-state index in [4.69, 9.17) is 14.2 Å². The monoisotopic (exact) mass is 359 g/mol. The molecule has 0 radical (unpaired) electrons. The lowest BCUT2D eigenvalue weighted by Crippen LogP contribution is -2.40. The van der Waals surface area contributed by atoms with Crippen LogP contribution < -0.4 is 14.8 Å². The number of nitrogens with one attached hydrogen (secondary N) is 1. The molecule has 1 aliphatic carbocycles. The summed E-state index contributed by atoms with van der Waals surface area (Å²) in [6, 6.07) is 7.22. The van der Waals surface area contributed by atoms with Crippen molar-refractivity contribution in [3.8, 4) is 11.5 Å². The molecule has 2 heterocycles. The Morgan fingerprint density at radius 2 is 2.04 bits per heavy atom. The van der Waals surface area contributed by atoms with Crippen LogP contribution in [0.25, 0.3) is 0 Å². The van der Waals surface area contributed by atoms with Crippen molar-refractivity contribution in [1.82, 2.24) is 0 Å². The van der Waals surface area contributed by atoms with Crippen molar-refractivity contribution in [1.29, 1.82) is 0 Å². The van der Waals surface area contributed by atoms with E-state index in [-0.39, 0.29) is 12.5 Å². The number of ether oxygens (including phenoxy) is 3. The lowest BCUT2D eigenvalue weighted by molar-refractivity contribution is -0.125. The summed E-state index contributed by atoms with van der Waals surface area (Å²) in [7, 11) is 1.35. The van der Waals surface area contributed by atoms with Crippen LogP contribution in [-0.2, 0) is 22.4 Å². The third-order valence-corrected chi connectivity index (χ3v) is 5.56. The Hall–Kier alpha value is -2.54. The zero-order chi connectivity index (χ0) is 17.4. The van der Waals surface area contributed by atoms with Crippen molar-refractivity contribution in [2.24, 2.45) is 0 Å². The fourth-order valence-electron chi connectivity index (χ4n) is 3.15. The zero-order valence-electron chi connectivity index (χ0n) is 13.7. The molecule has 1 aliphatic heterocycles. The van der Waals surface area contributed by atoms with Gasteiger partial charge in [-0.1, -0.05) is 12.1 Å². The Labute approximate surface area is 148 Å². The smallest absolute Gasteiger partial charge is 0.341 e. The average Bonchev–Trinajstić information content (AvgIpc) is 3.21. The van der Waals surface area contributed by atoms with E-state index < -0.39 is 12.1 Å². The molecular weight excluding hydrogens is 342 g/mol. The van der Waals surface area contributed by atoms with E-state index in [2.05, 4.69) is 5.32 Å². The van der Waals surface area contributed by atoms with Crippen LogP contribution in [0.4, 0.5) is 5.00 Å². The summed E-state index contributed by atoms with van der Waals surface area (Å²) in [6.07, 6.45) is 2.02. The van der Waals surface area contributed by atoms with Crippen LogP contribution in [0.5, 0.6) is 11.5 Å². The maximum absolute atomic E-state index is 12.6. The third-order valence-electron chi connectivity index (χ3n) is 4.35. The van der Waals surface area contributed by atoms with Crippen molar-refractivity contribution in [3.63, 3.8) is 0 Å². The summed E-state index contributed by atoms with van der Waals surface area (Å²) in [5.74, 6) is 0.410. The second-order valence-electron chi connectivity index (χ2n) is 5.91. The minimum absolute atomic E-state index is 0.126. The van der Waals surface area contributed by atoms with E-state index in [0.717, 1.165) is 29.7 Å². The van der Waals surface area contributed by atoms with Crippen LogP contribution in [0.1, 0.15) is 27.2 Å². The fourth-order valence-corrected chi connectivity index (χ4v) is 4.43. The second-order valence-corrected chi connectivity index (χ2v) is 7.01. The molecule has 0 spiro atoms. The van der Waals surface area contributed by atoms with Gasteiger partial charge in [0, 0.05) is 4.88 Å². The Morgan fingerprint density at radius 1 is 1.24 bits per heavy atom. The Kier molecular flexibility index (Phi) is 4.09. The number of esters is 1.